The summed E-state index contributed by atoms with van der Waals surface area (Å²) >= 11 is 1.50. The molecule has 0 aliphatic rings. The van der Waals surface area contributed by atoms with Crippen molar-refractivity contribution in [2.75, 3.05) is 5.32 Å². The summed E-state index contributed by atoms with van der Waals surface area (Å²) in [7, 11) is 0. The van der Waals surface area contributed by atoms with Crippen molar-refractivity contribution in [3.8, 4) is 11.6 Å². The monoisotopic (exact) mass is 339 g/mol. The number of hydrogen-bond donors (Lipinski definition) is 1. The number of para-hydroxylation sites is 1. The molecule has 3 aromatic heterocycles. The zero-order valence-electron chi connectivity index (χ0n) is 12.8. The molecule has 1 amide bonds. The minimum absolute atomic E-state index is 0.0668. The van der Waals surface area contributed by atoms with E-state index in [1.165, 1.54) is 11.3 Å². The molecule has 8 heteroatoms. The van der Waals surface area contributed by atoms with Gasteiger partial charge in [-0.05, 0) is 24.4 Å². The Bertz CT molecular complexity index is 1020. The van der Waals surface area contributed by atoms with Crippen LogP contribution in [0.1, 0.15) is 5.01 Å². The SMILES string of the molecule is Cc1nc(-c2nnc(NC(=O)Cn3ccc4ccccc43)o2)cs1. The van der Waals surface area contributed by atoms with Gasteiger partial charge >= 0.3 is 6.01 Å². The Balaban J connectivity index is 1.47. The van der Waals surface area contributed by atoms with Crippen molar-refractivity contribution in [1.82, 2.24) is 19.7 Å². The summed E-state index contributed by atoms with van der Waals surface area (Å²) in [4.78, 5) is 16.5. The molecule has 7 nitrogen and oxygen atoms in total. The normalized spacial score (nSPS) is 11.0. The zero-order chi connectivity index (χ0) is 16.5. The molecule has 0 aliphatic heterocycles. The standard InChI is InChI=1S/C16H13N5O2S/c1-10-17-12(9-24-10)15-19-20-16(23-15)18-14(22)8-21-7-6-11-4-2-3-5-13(11)21/h2-7,9H,8H2,1H3,(H,18,20,22). The summed E-state index contributed by atoms with van der Waals surface area (Å²) in [6, 6.07) is 9.92. The van der Waals surface area contributed by atoms with Gasteiger partial charge in [0.1, 0.15) is 12.2 Å². The number of benzene rings is 1. The fourth-order valence-electron chi connectivity index (χ4n) is 2.43. The van der Waals surface area contributed by atoms with Gasteiger partial charge in [0.2, 0.25) is 5.91 Å². The maximum Gasteiger partial charge on any atom is 0.322 e. The molecule has 0 bridgehead atoms. The van der Waals surface area contributed by atoms with E-state index >= 15 is 0 Å². The first-order valence-electron chi connectivity index (χ1n) is 7.29. The van der Waals surface area contributed by atoms with Gasteiger partial charge in [-0.3, -0.25) is 10.1 Å². The molecule has 0 saturated carbocycles. The summed E-state index contributed by atoms with van der Waals surface area (Å²) in [5.41, 5.74) is 1.61. The molecular formula is C16H13N5O2S. The number of nitrogens with zero attached hydrogens (tertiary/aromatic N) is 4. The van der Waals surface area contributed by atoms with Crippen LogP contribution in [-0.2, 0) is 11.3 Å². The van der Waals surface area contributed by atoms with E-state index in [0.717, 1.165) is 15.9 Å². The summed E-state index contributed by atoms with van der Waals surface area (Å²) < 4.78 is 7.31. The number of carbonyl (C=O) groups is 1. The first-order chi connectivity index (χ1) is 11.7. The lowest BCUT2D eigenvalue weighted by Crippen LogP contribution is -2.18. The van der Waals surface area contributed by atoms with Gasteiger partial charge in [0.15, 0.2) is 0 Å². The Morgan fingerprint density at radius 1 is 1.29 bits per heavy atom. The highest BCUT2D eigenvalue weighted by Crippen LogP contribution is 2.21. The quantitative estimate of drug-likeness (QED) is 0.617. The van der Waals surface area contributed by atoms with Gasteiger partial charge < -0.3 is 8.98 Å². The molecule has 1 aromatic carbocycles. The van der Waals surface area contributed by atoms with Crippen LogP contribution in [-0.4, -0.2) is 25.7 Å². The highest BCUT2D eigenvalue weighted by atomic mass is 32.1. The van der Waals surface area contributed by atoms with E-state index in [0.29, 0.717) is 11.6 Å². The van der Waals surface area contributed by atoms with Gasteiger partial charge in [-0.25, -0.2) is 4.98 Å². The molecule has 0 radical (unpaired) electrons. The van der Waals surface area contributed by atoms with Crippen LogP contribution < -0.4 is 5.32 Å². The zero-order valence-corrected chi connectivity index (χ0v) is 13.6. The second-order valence-corrected chi connectivity index (χ2v) is 6.28. The van der Waals surface area contributed by atoms with E-state index in [9.17, 15) is 4.79 Å². The number of fused-ring (bicyclic) bond motifs is 1. The van der Waals surface area contributed by atoms with Crippen molar-refractivity contribution in [1.29, 1.82) is 0 Å². The highest BCUT2D eigenvalue weighted by Gasteiger charge is 2.14. The van der Waals surface area contributed by atoms with Crippen molar-refractivity contribution in [3.63, 3.8) is 0 Å². The van der Waals surface area contributed by atoms with Crippen molar-refractivity contribution in [3.05, 3.63) is 46.9 Å². The predicted octanol–water partition coefficient (Wildman–Crippen LogP) is 3.09. The molecule has 0 fully saturated rings. The van der Waals surface area contributed by atoms with Crippen LogP contribution >= 0.6 is 11.3 Å². The highest BCUT2D eigenvalue weighted by molar-refractivity contribution is 7.09. The Morgan fingerprint density at radius 2 is 2.17 bits per heavy atom. The van der Waals surface area contributed by atoms with Gasteiger partial charge in [0.25, 0.3) is 5.89 Å². The van der Waals surface area contributed by atoms with Crippen LogP contribution in [0, 0.1) is 6.92 Å². The predicted molar refractivity (Wildman–Crippen MR) is 90.7 cm³/mol. The number of aromatic nitrogens is 4. The summed E-state index contributed by atoms with van der Waals surface area (Å²) in [6.45, 7) is 2.07. The minimum Gasteiger partial charge on any atom is -0.401 e. The van der Waals surface area contributed by atoms with Crippen LogP contribution in [0.2, 0.25) is 0 Å². The molecule has 0 spiro atoms. The fourth-order valence-corrected chi connectivity index (χ4v) is 3.02. The van der Waals surface area contributed by atoms with Crippen LogP contribution in [0.3, 0.4) is 0 Å². The van der Waals surface area contributed by atoms with Gasteiger partial charge in [-0.15, -0.1) is 16.4 Å². The van der Waals surface area contributed by atoms with Crippen molar-refractivity contribution >= 4 is 34.2 Å². The lowest BCUT2D eigenvalue weighted by molar-refractivity contribution is -0.116. The average molecular weight is 339 g/mol. The van der Waals surface area contributed by atoms with Crippen molar-refractivity contribution < 1.29 is 9.21 Å². The molecular weight excluding hydrogens is 326 g/mol. The van der Waals surface area contributed by atoms with Crippen LogP contribution in [0.5, 0.6) is 0 Å². The molecule has 0 atom stereocenters. The molecule has 0 aliphatic carbocycles. The maximum absolute atomic E-state index is 12.2. The molecule has 4 aromatic rings. The lowest BCUT2D eigenvalue weighted by Gasteiger charge is -2.04. The number of hydrogen-bond acceptors (Lipinski definition) is 6. The largest absolute Gasteiger partial charge is 0.401 e. The van der Waals surface area contributed by atoms with E-state index in [-0.39, 0.29) is 18.5 Å². The fraction of sp³-hybridized carbons (Fsp3) is 0.125. The number of aryl methyl sites for hydroxylation is 1. The van der Waals surface area contributed by atoms with E-state index in [4.69, 9.17) is 4.42 Å². The van der Waals surface area contributed by atoms with E-state index in [1.54, 1.807) is 0 Å². The van der Waals surface area contributed by atoms with Gasteiger partial charge in [-0.2, -0.15) is 0 Å². The topological polar surface area (TPSA) is 85.8 Å². The van der Waals surface area contributed by atoms with Crippen molar-refractivity contribution in [2.45, 2.75) is 13.5 Å². The van der Waals surface area contributed by atoms with Gasteiger partial charge in [-0.1, -0.05) is 23.3 Å². The molecule has 24 heavy (non-hydrogen) atoms. The van der Waals surface area contributed by atoms with Crippen LogP contribution in [0.15, 0.2) is 46.3 Å². The molecule has 1 N–H and O–H groups in total. The van der Waals surface area contributed by atoms with Crippen molar-refractivity contribution in [2.24, 2.45) is 0 Å². The van der Waals surface area contributed by atoms with Gasteiger partial charge in [0, 0.05) is 17.1 Å². The second kappa shape index (κ2) is 5.89. The van der Waals surface area contributed by atoms with Crippen LogP contribution in [0.25, 0.3) is 22.5 Å². The number of anilines is 1. The Kier molecular flexibility index (Phi) is 3.58. The second-order valence-electron chi connectivity index (χ2n) is 5.21. The number of thiazole rings is 1. The van der Waals surface area contributed by atoms with Crippen LogP contribution in [0.4, 0.5) is 6.01 Å². The molecule has 0 saturated heterocycles. The first-order valence-corrected chi connectivity index (χ1v) is 8.17. The third kappa shape index (κ3) is 2.79. The first kappa shape index (κ1) is 14.6. The Morgan fingerprint density at radius 3 is 3.00 bits per heavy atom. The summed E-state index contributed by atoms with van der Waals surface area (Å²) in [6.07, 6.45) is 1.88. The van der Waals surface area contributed by atoms with Gasteiger partial charge in [0.05, 0.1) is 5.01 Å². The number of rotatable bonds is 4. The summed E-state index contributed by atoms with van der Waals surface area (Å²) in [5, 5.41) is 14.2. The van der Waals surface area contributed by atoms with E-state index in [2.05, 4.69) is 20.5 Å². The maximum atomic E-state index is 12.2. The third-order valence-corrected chi connectivity index (χ3v) is 4.28. The summed E-state index contributed by atoms with van der Waals surface area (Å²) in [5.74, 6) is 0.0575. The average Bonchev–Trinajstić information content (AvgIpc) is 3.28. The minimum atomic E-state index is -0.235. The number of carbonyl (C=O) groups excluding carboxylic acids is 1. The number of amides is 1. The number of nitrogens with one attached hydrogen (secondary N) is 1. The lowest BCUT2D eigenvalue weighted by atomic mass is 10.2. The van der Waals surface area contributed by atoms with E-state index in [1.807, 2.05) is 53.4 Å². The molecule has 120 valence electrons. The Labute approximate surface area is 141 Å². The Hall–Kier alpha value is -3.00. The third-order valence-electron chi connectivity index (χ3n) is 3.50. The molecule has 0 unspecified atom stereocenters. The smallest absolute Gasteiger partial charge is 0.322 e. The molecule has 4 rings (SSSR count). The molecule has 3 heterocycles. The van der Waals surface area contributed by atoms with E-state index < -0.39 is 0 Å².